The summed E-state index contributed by atoms with van der Waals surface area (Å²) in [4.78, 5) is 17.9. The van der Waals surface area contributed by atoms with Gasteiger partial charge < -0.3 is 9.80 Å². The molecule has 1 aliphatic carbocycles. The van der Waals surface area contributed by atoms with Gasteiger partial charge in [0.25, 0.3) is 0 Å². The van der Waals surface area contributed by atoms with Crippen LogP contribution >= 0.6 is 0 Å². The molecule has 0 unspecified atom stereocenters. The van der Waals surface area contributed by atoms with Crippen LogP contribution in [0.5, 0.6) is 0 Å². The monoisotopic (exact) mass is 316 g/mol. The van der Waals surface area contributed by atoms with E-state index in [-0.39, 0.29) is 17.1 Å². The van der Waals surface area contributed by atoms with Crippen LogP contribution in [-0.2, 0) is 10.2 Å². The van der Waals surface area contributed by atoms with Crippen molar-refractivity contribution in [3.05, 3.63) is 35.6 Å². The largest absolute Gasteiger partial charge is 0.337 e. The van der Waals surface area contributed by atoms with E-state index in [1.54, 1.807) is 12.1 Å². The molecule has 1 amide bonds. The average Bonchev–Trinajstić information content (AvgIpc) is 3.02. The third-order valence-electron chi connectivity index (χ3n) is 6.14. The van der Waals surface area contributed by atoms with Crippen molar-refractivity contribution >= 4 is 5.91 Å². The maximum atomic E-state index is 13.3. The summed E-state index contributed by atoms with van der Waals surface area (Å²) in [6.45, 7) is 2.03. The van der Waals surface area contributed by atoms with Gasteiger partial charge in [-0.05, 0) is 69.8 Å². The predicted molar refractivity (Wildman–Crippen MR) is 87.7 cm³/mol. The van der Waals surface area contributed by atoms with Crippen LogP contribution in [-0.4, -0.2) is 47.9 Å². The molecular formula is C19H25FN2O. The van der Waals surface area contributed by atoms with E-state index in [1.807, 2.05) is 0 Å². The van der Waals surface area contributed by atoms with Crippen molar-refractivity contribution in [2.45, 2.75) is 56.0 Å². The number of halogens is 1. The van der Waals surface area contributed by atoms with Crippen LogP contribution in [0.3, 0.4) is 0 Å². The minimum absolute atomic E-state index is 0.233. The second-order valence-electron chi connectivity index (χ2n) is 7.49. The summed E-state index contributed by atoms with van der Waals surface area (Å²) in [6, 6.07) is 7.45. The Morgan fingerprint density at radius 2 is 1.74 bits per heavy atom. The van der Waals surface area contributed by atoms with Crippen LogP contribution in [0.1, 0.15) is 44.1 Å². The Hall–Kier alpha value is -1.42. The summed E-state index contributed by atoms with van der Waals surface area (Å²) < 4.78 is 13.2. The lowest BCUT2D eigenvalue weighted by molar-refractivity contribution is -0.135. The van der Waals surface area contributed by atoms with E-state index in [4.69, 9.17) is 0 Å². The molecule has 3 aliphatic rings. The first-order chi connectivity index (χ1) is 11.1. The number of hydrogen-bond acceptors (Lipinski definition) is 2. The van der Waals surface area contributed by atoms with Gasteiger partial charge in [-0.15, -0.1) is 0 Å². The molecule has 23 heavy (non-hydrogen) atoms. The van der Waals surface area contributed by atoms with Gasteiger partial charge in [0.05, 0.1) is 5.41 Å². The highest BCUT2D eigenvalue weighted by atomic mass is 19.1. The summed E-state index contributed by atoms with van der Waals surface area (Å²) in [7, 11) is 2.19. The Morgan fingerprint density at radius 3 is 2.35 bits per heavy atom. The molecule has 0 spiro atoms. The Kier molecular flexibility index (Phi) is 3.67. The van der Waals surface area contributed by atoms with Crippen LogP contribution in [0.4, 0.5) is 4.39 Å². The first kappa shape index (κ1) is 15.1. The number of carbonyl (C=O) groups excluding carboxylic acids is 1. The molecule has 4 heteroatoms. The van der Waals surface area contributed by atoms with Crippen molar-refractivity contribution in [3.8, 4) is 0 Å². The normalized spacial score (nSPS) is 29.9. The quantitative estimate of drug-likeness (QED) is 0.856. The van der Waals surface area contributed by atoms with Crippen LogP contribution in [0.15, 0.2) is 24.3 Å². The van der Waals surface area contributed by atoms with Crippen molar-refractivity contribution < 1.29 is 9.18 Å². The van der Waals surface area contributed by atoms with Crippen molar-refractivity contribution in [3.63, 3.8) is 0 Å². The molecule has 4 rings (SSSR count). The molecule has 3 fully saturated rings. The van der Waals surface area contributed by atoms with Gasteiger partial charge in [0.15, 0.2) is 0 Å². The lowest BCUT2D eigenvalue weighted by Gasteiger charge is -2.35. The average molecular weight is 316 g/mol. The molecule has 2 aliphatic heterocycles. The minimum atomic E-state index is -0.368. The van der Waals surface area contributed by atoms with Gasteiger partial charge in [0.2, 0.25) is 5.91 Å². The molecular weight excluding hydrogens is 291 g/mol. The van der Waals surface area contributed by atoms with Gasteiger partial charge in [-0.3, -0.25) is 4.79 Å². The summed E-state index contributed by atoms with van der Waals surface area (Å²) in [5.74, 6) is 0.0514. The van der Waals surface area contributed by atoms with E-state index < -0.39 is 0 Å². The van der Waals surface area contributed by atoms with Gasteiger partial charge in [0.1, 0.15) is 5.82 Å². The Morgan fingerprint density at radius 1 is 1.09 bits per heavy atom. The second kappa shape index (κ2) is 5.59. The number of hydrogen-bond donors (Lipinski definition) is 0. The molecule has 1 saturated carbocycles. The Balaban J connectivity index is 1.57. The number of amides is 1. The first-order valence-corrected chi connectivity index (χ1v) is 8.89. The SMILES string of the molecule is CN1CCC[C@H]1[C@@H]1CCCN1C(=O)C1(c2ccc(F)cc2)CC1. The van der Waals surface area contributed by atoms with Gasteiger partial charge in [0, 0.05) is 18.6 Å². The van der Waals surface area contributed by atoms with Crippen molar-refractivity contribution in [1.29, 1.82) is 0 Å². The number of benzene rings is 1. The van der Waals surface area contributed by atoms with Crippen LogP contribution in [0.25, 0.3) is 0 Å². The maximum absolute atomic E-state index is 13.3. The fourth-order valence-corrected chi connectivity index (χ4v) is 4.66. The molecule has 2 atom stereocenters. The second-order valence-corrected chi connectivity index (χ2v) is 7.49. The minimum Gasteiger partial charge on any atom is -0.337 e. The van der Waals surface area contributed by atoms with E-state index in [1.165, 1.54) is 25.0 Å². The van der Waals surface area contributed by atoms with E-state index in [2.05, 4.69) is 16.8 Å². The fraction of sp³-hybridized carbons (Fsp3) is 0.632. The van der Waals surface area contributed by atoms with Gasteiger partial charge >= 0.3 is 0 Å². The first-order valence-electron chi connectivity index (χ1n) is 8.89. The Labute approximate surface area is 137 Å². The van der Waals surface area contributed by atoms with E-state index >= 15 is 0 Å². The number of nitrogens with zero attached hydrogens (tertiary/aromatic N) is 2. The number of likely N-dealkylation sites (tertiary alicyclic amines) is 2. The zero-order chi connectivity index (χ0) is 16.0. The summed E-state index contributed by atoms with van der Waals surface area (Å²) in [5, 5.41) is 0. The third-order valence-corrected chi connectivity index (χ3v) is 6.14. The molecule has 0 aromatic heterocycles. The van der Waals surface area contributed by atoms with Crippen LogP contribution in [0.2, 0.25) is 0 Å². The van der Waals surface area contributed by atoms with Crippen molar-refractivity contribution in [2.75, 3.05) is 20.1 Å². The third kappa shape index (κ3) is 2.47. The zero-order valence-corrected chi connectivity index (χ0v) is 13.8. The molecule has 0 radical (unpaired) electrons. The topological polar surface area (TPSA) is 23.6 Å². The smallest absolute Gasteiger partial charge is 0.233 e. The van der Waals surface area contributed by atoms with Crippen LogP contribution in [0, 0.1) is 5.82 Å². The summed E-state index contributed by atoms with van der Waals surface area (Å²) in [5.41, 5.74) is 0.627. The molecule has 124 valence electrons. The lowest BCUT2D eigenvalue weighted by Crippen LogP contribution is -2.50. The lowest BCUT2D eigenvalue weighted by atomic mass is 9.93. The van der Waals surface area contributed by atoms with Crippen molar-refractivity contribution in [2.24, 2.45) is 0 Å². The molecule has 1 aromatic rings. The summed E-state index contributed by atoms with van der Waals surface area (Å²) >= 11 is 0. The highest BCUT2D eigenvalue weighted by Gasteiger charge is 2.55. The predicted octanol–water partition coefficient (Wildman–Crippen LogP) is 2.94. The molecule has 3 nitrogen and oxygen atoms in total. The highest BCUT2D eigenvalue weighted by Crippen LogP contribution is 2.50. The van der Waals surface area contributed by atoms with Gasteiger partial charge in [-0.1, -0.05) is 12.1 Å². The van der Waals surface area contributed by atoms with Gasteiger partial charge in [-0.2, -0.15) is 0 Å². The van der Waals surface area contributed by atoms with Crippen LogP contribution < -0.4 is 0 Å². The molecule has 0 N–H and O–H groups in total. The number of carbonyl (C=O) groups is 1. The molecule has 1 aromatic carbocycles. The molecule has 0 bridgehead atoms. The fourth-order valence-electron chi connectivity index (χ4n) is 4.66. The number of likely N-dealkylation sites (N-methyl/N-ethyl adjacent to an activating group) is 1. The molecule has 2 saturated heterocycles. The van der Waals surface area contributed by atoms with Gasteiger partial charge in [-0.25, -0.2) is 4.39 Å². The standard InChI is InChI=1S/C19H25FN2O/c1-21-12-2-4-16(21)17-5-3-13-22(17)18(23)19(10-11-19)14-6-8-15(20)9-7-14/h6-9,16-17H,2-5,10-13H2,1H3/t16-,17-/m0/s1. The van der Waals surface area contributed by atoms with E-state index in [0.29, 0.717) is 12.1 Å². The maximum Gasteiger partial charge on any atom is 0.233 e. The number of rotatable bonds is 3. The Bertz CT molecular complexity index is 596. The van der Waals surface area contributed by atoms with E-state index in [9.17, 15) is 9.18 Å². The summed E-state index contributed by atoms with van der Waals surface area (Å²) in [6.07, 6.45) is 6.49. The van der Waals surface area contributed by atoms with E-state index in [0.717, 1.165) is 44.3 Å². The molecule has 2 heterocycles. The highest BCUT2D eigenvalue weighted by molar-refractivity contribution is 5.91. The zero-order valence-electron chi connectivity index (χ0n) is 13.8. The van der Waals surface area contributed by atoms with Crippen molar-refractivity contribution in [1.82, 2.24) is 9.80 Å².